The van der Waals surface area contributed by atoms with Crippen LogP contribution in [0, 0.1) is 0 Å². The highest BCUT2D eigenvalue weighted by Crippen LogP contribution is 2.57. The zero-order chi connectivity index (χ0) is 88.8. The average molecular weight is 1760 g/mol. The molecule has 630 valence electrons. The van der Waals surface area contributed by atoms with Crippen molar-refractivity contribution in [3.63, 3.8) is 0 Å². The van der Waals surface area contributed by atoms with Crippen LogP contribution in [-0.2, 0) is 60.6 Å². The molecule has 0 unspecified atom stereocenters. The summed E-state index contributed by atoms with van der Waals surface area (Å²) in [5.41, 5.74) is 48.9. The highest BCUT2D eigenvalue weighted by molar-refractivity contribution is 9.10. The van der Waals surface area contributed by atoms with E-state index in [1.807, 2.05) is 0 Å². The summed E-state index contributed by atoms with van der Waals surface area (Å²) in [7, 11) is 0. The number of nitrogens with zero attached hydrogens (tertiary/aromatic N) is 2. The van der Waals surface area contributed by atoms with Crippen LogP contribution in [0.25, 0.3) is 133 Å². The summed E-state index contributed by atoms with van der Waals surface area (Å²) in [6.45, 7) is 60.6. The van der Waals surface area contributed by atoms with Gasteiger partial charge in [-0.15, -0.1) is 0 Å². The zero-order valence-electron chi connectivity index (χ0n) is 78.6. The van der Waals surface area contributed by atoms with Crippen molar-refractivity contribution in [1.82, 2.24) is 9.13 Å². The lowest BCUT2D eigenvalue weighted by molar-refractivity contribution is 0.589. The molecule has 0 radical (unpaired) electrons. The molecule has 2 heterocycles. The molecule has 16 aromatic rings. The Bertz CT molecular complexity index is 6670. The Kier molecular flexibility index (Phi) is 19.2. The van der Waals surface area contributed by atoms with Gasteiger partial charge in [0.15, 0.2) is 0 Å². The molecule has 0 bridgehead atoms. The summed E-state index contributed by atoms with van der Waals surface area (Å²) in [6, 6.07) is 99.0. The van der Waals surface area contributed by atoms with Gasteiger partial charge in [0.1, 0.15) is 0 Å². The number of aromatic nitrogens is 2. The van der Waals surface area contributed by atoms with Gasteiger partial charge in [0, 0.05) is 63.5 Å². The fourth-order valence-corrected chi connectivity index (χ4v) is 22.2. The maximum Gasteiger partial charge on any atom is 0.0541 e. The zero-order valence-corrected chi connectivity index (χ0v) is 81.8. The minimum absolute atomic E-state index is 0.0109. The summed E-state index contributed by atoms with van der Waals surface area (Å²) in [5.74, 6) is 0. The van der Waals surface area contributed by atoms with Crippen LogP contribution in [-0.4, -0.2) is 9.13 Å². The van der Waals surface area contributed by atoms with Crippen LogP contribution >= 0.6 is 31.9 Å². The summed E-state index contributed by atoms with van der Waals surface area (Å²) >= 11 is 7.33. The molecule has 2 nitrogen and oxygen atoms in total. The molecular weight excluding hydrogens is 1640 g/mol. The van der Waals surface area contributed by atoms with Crippen LogP contribution in [0.1, 0.15) is 269 Å². The molecule has 4 heteroatoms. The van der Waals surface area contributed by atoms with Crippen LogP contribution in [0.5, 0.6) is 0 Å². The van der Waals surface area contributed by atoms with E-state index in [-0.39, 0.29) is 54.1 Å². The van der Waals surface area contributed by atoms with Gasteiger partial charge < -0.3 is 9.13 Å². The molecule has 2 aromatic heterocycles. The highest BCUT2D eigenvalue weighted by Gasteiger charge is 2.42. The predicted molar refractivity (Wildman–Crippen MR) is 545 cm³/mol. The molecule has 5 aliphatic rings. The fourth-order valence-electron chi connectivity index (χ4n) is 21.4. The first-order valence-corrected chi connectivity index (χ1v) is 47.1. The Morgan fingerprint density at radius 1 is 0.208 bits per heavy atom. The van der Waals surface area contributed by atoms with E-state index in [0.29, 0.717) is 0 Å². The van der Waals surface area contributed by atoms with Gasteiger partial charge in [0.25, 0.3) is 0 Å². The number of halogens is 2. The number of rotatable bonds is 4. The average Bonchev–Trinajstić information content (AvgIpc) is 1.56. The van der Waals surface area contributed by atoms with E-state index in [9.17, 15) is 0 Å². The lowest BCUT2D eigenvalue weighted by Crippen LogP contribution is -2.16. The van der Waals surface area contributed by atoms with Crippen molar-refractivity contribution in [1.29, 1.82) is 0 Å². The highest BCUT2D eigenvalue weighted by atomic mass is 79.9. The maximum absolute atomic E-state index is 3.67. The number of benzene rings is 14. The molecule has 14 aromatic carbocycles. The molecule has 5 aliphatic carbocycles. The molecule has 0 fully saturated rings. The van der Waals surface area contributed by atoms with E-state index in [0.717, 1.165) is 15.4 Å². The molecule has 0 amide bonds. The van der Waals surface area contributed by atoms with Crippen molar-refractivity contribution in [3.8, 4) is 89.3 Å². The smallest absolute Gasteiger partial charge is 0.0541 e. The Morgan fingerprint density at radius 3 is 0.664 bits per heavy atom. The molecule has 0 aliphatic heterocycles. The van der Waals surface area contributed by atoms with Crippen molar-refractivity contribution >= 4 is 75.5 Å². The van der Waals surface area contributed by atoms with Gasteiger partial charge in [0.05, 0.1) is 22.1 Å². The number of fused-ring (bicyclic) bond motifs is 21. The Balaban J connectivity index is 0.000000156. The minimum atomic E-state index is -0.188. The molecule has 0 atom stereocenters. The number of hydrogen-bond donors (Lipinski definition) is 0. The third-order valence-corrected chi connectivity index (χ3v) is 30.4. The summed E-state index contributed by atoms with van der Waals surface area (Å²) in [4.78, 5) is 0. The largest absolute Gasteiger partial charge is 0.309 e. The lowest BCUT2D eigenvalue weighted by Gasteiger charge is -2.24. The number of hydrogen-bond acceptors (Lipinski definition) is 0. The van der Waals surface area contributed by atoms with Gasteiger partial charge in [-0.3, -0.25) is 0 Å². The standard InChI is InChI=1S/C70H72N2.C30H24Br2.C21H26/c1-65(2,3)43-19-29-61-53(35-43)54-36-44(66(4,5)6)20-30-62(54)71(61)47-23-27-51-49-25-17-41(33-57(49)69(13,14)59(51)39-47)42-18-26-50-52-28-24-48(40-60(52)70(15,16)58(50)34-42)72-63-31-21-45(67(7,8)9)37-55(63)56-38-46(68(10,11)12)22-32-64(56)72;1-29(2)25-13-17(5-9-21(25)23-11-7-19(31)15-27(23)29)18-6-10-22-24-12-8-20(32)16-28(24)30(3,4)26(22)14-18;1-20(2,3)16-9-7-14-11-15-8-10-17(21(4,5)6)13-19(15)18(14)12-16/h17-40H,1-16H3;5-16H,1-4H3;7-10,12-13H,11H2,1-6H3. The summed E-state index contributed by atoms with van der Waals surface area (Å²) in [6.07, 6.45) is 1.08. The quantitative estimate of drug-likeness (QED) is 0.166. The van der Waals surface area contributed by atoms with Gasteiger partial charge in [-0.25, -0.2) is 0 Å². The summed E-state index contributed by atoms with van der Waals surface area (Å²) in [5, 5.41) is 5.30. The van der Waals surface area contributed by atoms with Crippen LogP contribution in [0.2, 0.25) is 0 Å². The van der Waals surface area contributed by atoms with Crippen molar-refractivity contribution in [2.24, 2.45) is 0 Å². The molecule has 125 heavy (non-hydrogen) atoms. The van der Waals surface area contributed by atoms with Gasteiger partial charge in [-0.1, -0.05) is 345 Å². The van der Waals surface area contributed by atoms with Crippen LogP contribution < -0.4 is 0 Å². The first kappa shape index (κ1) is 84.1. The van der Waals surface area contributed by atoms with Crippen LogP contribution in [0.3, 0.4) is 0 Å². The Hall–Kier alpha value is -10.4. The molecule has 0 saturated heterocycles. The van der Waals surface area contributed by atoms with E-state index in [2.05, 4.69) is 476 Å². The SMILES string of the molecule is CC(C)(C)c1ccc2c(c1)-c1cc(C(C)(C)C)ccc1C2.CC(C)(C)c1ccc2c(c1)c1cc(C(C)(C)C)ccc1n2-c1ccc2c(c1)C(C)(C)c1cc(-c3ccc4c(c3)C(C)(C)c3cc(-n5c6ccc(C(C)(C)C)cc6c6cc(C(C)(C)C)ccc65)ccc3-4)ccc1-2.CC1(C)c2cc(Br)ccc2-c2ccc(-c3ccc4c(c3)C(C)(C)c3cc(Br)ccc3-4)cc21. The normalized spacial score (nSPS) is 15.3. The van der Waals surface area contributed by atoms with Crippen molar-refractivity contribution in [2.75, 3.05) is 0 Å². The first-order valence-electron chi connectivity index (χ1n) is 45.5. The van der Waals surface area contributed by atoms with Crippen LogP contribution in [0.4, 0.5) is 0 Å². The van der Waals surface area contributed by atoms with Crippen molar-refractivity contribution in [2.45, 2.75) is 241 Å². The first-order chi connectivity index (χ1) is 58.5. The molecule has 0 N–H and O–H groups in total. The minimum Gasteiger partial charge on any atom is -0.309 e. The third-order valence-electron chi connectivity index (χ3n) is 29.4. The van der Waals surface area contributed by atoms with Gasteiger partial charge >= 0.3 is 0 Å². The second-order valence-electron chi connectivity index (χ2n) is 45.4. The van der Waals surface area contributed by atoms with Crippen molar-refractivity contribution in [3.05, 3.63) is 353 Å². The van der Waals surface area contributed by atoms with Gasteiger partial charge in [-0.05, 0) is 327 Å². The van der Waals surface area contributed by atoms with Crippen molar-refractivity contribution < 1.29 is 0 Å². The van der Waals surface area contributed by atoms with E-state index in [1.54, 1.807) is 0 Å². The monoisotopic (exact) mass is 1760 g/mol. The third kappa shape index (κ3) is 13.9. The maximum atomic E-state index is 3.67. The Morgan fingerprint density at radius 2 is 0.416 bits per heavy atom. The van der Waals surface area contributed by atoms with E-state index < -0.39 is 0 Å². The fraction of sp³-hybridized carbons (Fsp3) is 0.306. The van der Waals surface area contributed by atoms with Gasteiger partial charge in [0.2, 0.25) is 0 Å². The van der Waals surface area contributed by atoms with Gasteiger partial charge in [-0.2, -0.15) is 0 Å². The predicted octanol–water partition coefficient (Wildman–Crippen LogP) is 34.7. The Labute approximate surface area is 761 Å². The van der Waals surface area contributed by atoms with E-state index >= 15 is 0 Å². The van der Waals surface area contributed by atoms with E-state index in [1.165, 1.54) is 222 Å². The second kappa shape index (κ2) is 28.6. The molecule has 21 rings (SSSR count). The summed E-state index contributed by atoms with van der Waals surface area (Å²) < 4.78 is 7.31. The lowest BCUT2D eigenvalue weighted by atomic mass is 9.80. The molecular formula is C121H122Br2N2. The van der Waals surface area contributed by atoms with E-state index in [4.69, 9.17) is 0 Å². The molecule has 0 saturated carbocycles. The second-order valence-corrected chi connectivity index (χ2v) is 47.2. The van der Waals surface area contributed by atoms with Crippen LogP contribution in [0.15, 0.2) is 264 Å². The topological polar surface area (TPSA) is 9.86 Å². The molecule has 0 spiro atoms.